The van der Waals surface area contributed by atoms with Crippen LogP contribution in [0.1, 0.15) is 59.1 Å². The van der Waals surface area contributed by atoms with Crippen LogP contribution in [-0.2, 0) is 34.5 Å². The van der Waals surface area contributed by atoms with Gasteiger partial charge in [0.1, 0.15) is 16.7 Å². The van der Waals surface area contributed by atoms with E-state index >= 15 is 0 Å². The Balaban J connectivity index is 1.51. The first-order valence-electron chi connectivity index (χ1n) is 13.0. The second kappa shape index (κ2) is 10.5. The van der Waals surface area contributed by atoms with Gasteiger partial charge in [0, 0.05) is 25.6 Å². The third-order valence-corrected chi connectivity index (χ3v) is 9.49. The molecule has 3 aromatic carbocycles. The second-order valence-corrected chi connectivity index (χ2v) is 12.3. The van der Waals surface area contributed by atoms with Crippen LogP contribution in [0.15, 0.2) is 65.6 Å². The van der Waals surface area contributed by atoms with Crippen LogP contribution < -0.4 is 4.74 Å². The summed E-state index contributed by atoms with van der Waals surface area (Å²) in [5.41, 5.74) is 6.15. The number of carboxylic acid groups (broad SMARTS) is 1. The van der Waals surface area contributed by atoms with Crippen molar-refractivity contribution in [1.82, 2.24) is 9.21 Å². The lowest BCUT2D eigenvalue weighted by molar-refractivity contribution is -0.137. The SMILES string of the molecule is CC[C@@H]1CN(Cc2cc(C(CC(=O)O)c3ccc4c(c3)CN(C)C4)ccc2C)S(=O)(=O)c2ccccc2O1. The number of ether oxygens (including phenoxy) is 1. The van der Waals surface area contributed by atoms with Crippen molar-refractivity contribution in [3.8, 4) is 5.75 Å². The molecule has 7 nitrogen and oxygen atoms in total. The minimum Gasteiger partial charge on any atom is -0.488 e. The van der Waals surface area contributed by atoms with Gasteiger partial charge in [-0.1, -0.05) is 55.5 Å². The average Bonchev–Trinajstić information content (AvgIpc) is 3.22. The number of nitrogens with zero attached hydrogens (tertiary/aromatic N) is 2. The van der Waals surface area contributed by atoms with Gasteiger partial charge in [0.2, 0.25) is 10.0 Å². The van der Waals surface area contributed by atoms with Gasteiger partial charge in [-0.25, -0.2) is 8.42 Å². The molecule has 2 atom stereocenters. The highest BCUT2D eigenvalue weighted by Crippen LogP contribution is 2.35. The largest absolute Gasteiger partial charge is 0.488 e. The van der Waals surface area contributed by atoms with Crippen molar-refractivity contribution in [2.45, 2.75) is 63.2 Å². The summed E-state index contributed by atoms with van der Waals surface area (Å²) < 4.78 is 34.9. The first-order valence-corrected chi connectivity index (χ1v) is 14.5. The molecular formula is C30H34N2O5S. The molecule has 0 radical (unpaired) electrons. The molecule has 5 rings (SSSR count). The fourth-order valence-electron chi connectivity index (χ4n) is 5.48. The van der Waals surface area contributed by atoms with Crippen LogP contribution in [0.4, 0.5) is 0 Å². The number of hydrogen-bond acceptors (Lipinski definition) is 5. The zero-order valence-corrected chi connectivity index (χ0v) is 22.9. The number of carboxylic acids is 1. The number of aryl methyl sites for hydroxylation is 1. The van der Waals surface area contributed by atoms with Crippen molar-refractivity contribution < 1.29 is 23.1 Å². The highest BCUT2D eigenvalue weighted by atomic mass is 32.2. The summed E-state index contributed by atoms with van der Waals surface area (Å²) in [4.78, 5) is 14.3. The van der Waals surface area contributed by atoms with Gasteiger partial charge in [0.05, 0.1) is 13.0 Å². The van der Waals surface area contributed by atoms with Crippen LogP contribution in [0.25, 0.3) is 0 Å². The highest BCUT2D eigenvalue weighted by Gasteiger charge is 2.34. The van der Waals surface area contributed by atoms with E-state index in [2.05, 4.69) is 24.1 Å². The molecule has 0 amide bonds. The molecule has 1 unspecified atom stereocenters. The van der Waals surface area contributed by atoms with Crippen molar-refractivity contribution in [1.29, 1.82) is 0 Å². The van der Waals surface area contributed by atoms with E-state index in [4.69, 9.17) is 4.74 Å². The fourth-order valence-corrected chi connectivity index (χ4v) is 7.05. The van der Waals surface area contributed by atoms with Gasteiger partial charge in [-0.05, 0) is 65.9 Å². The first kappa shape index (κ1) is 26.4. The van der Waals surface area contributed by atoms with Crippen LogP contribution >= 0.6 is 0 Å². The molecule has 0 saturated heterocycles. The van der Waals surface area contributed by atoms with Gasteiger partial charge in [0.15, 0.2) is 0 Å². The predicted octanol–water partition coefficient (Wildman–Crippen LogP) is 4.91. The van der Waals surface area contributed by atoms with Crippen molar-refractivity contribution >= 4 is 16.0 Å². The van der Waals surface area contributed by atoms with E-state index in [0.717, 1.165) is 35.3 Å². The molecule has 0 aromatic heterocycles. The molecule has 0 aliphatic carbocycles. The minimum absolute atomic E-state index is 0.0434. The summed E-state index contributed by atoms with van der Waals surface area (Å²) in [6.07, 6.45) is 0.368. The fraction of sp³-hybridized carbons (Fsp3) is 0.367. The van der Waals surface area contributed by atoms with Crippen molar-refractivity contribution in [2.24, 2.45) is 0 Å². The van der Waals surface area contributed by atoms with Crippen LogP contribution in [-0.4, -0.2) is 48.4 Å². The van der Waals surface area contributed by atoms with Gasteiger partial charge >= 0.3 is 5.97 Å². The van der Waals surface area contributed by atoms with E-state index in [-0.39, 0.29) is 36.4 Å². The van der Waals surface area contributed by atoms with Gasteiger partial charge in [0.25, 0.3) is 0 Å². The van der Waals surface area contributed by atoms with Crippen LogP contribution in [0, 0.1) is 6.92 Å². The number of carbonyl (C=O) groups is 1. The Morgan fingerprint density at radius 2 is 1.76 bits per heavy atom. The Hall–Kier alpha value is -3.20. The molecule has 0 bridgehead atoms. The predicted molar refractivity (Wildman–Crippen MR) is 146 cm³/mol. The minimum atomic E-state index is -3.78. The Labute approximate surface area is 224 Å². The molecule has 38 heavy (non-hydrogen) atoms. The number of aliphatic carboxylic acids is 1. The maximum Gasteiger partial charge on any atom is 0.304 e. The zero-order chi connectivity index (χ0) is 27.0. The number of sulfonamides is 1. The number of rotatable bonds is 7. The molecule has 3 aromatic rings. The Morgan fingerprint density at radius 3 is 2.53 bits per heavy atom. The number of fused-ring (bicyclic) bond motifs is 2. The van der Waals surface area contributed by atoms with Crippen molar-refractivity contribution in [3.05, 3.63) is 94.0 Å². The molecule has 2 aliphatic rings. The molecule has 8 heteroatoms. The Bertz CT molecular complexity index is 1470. The third kappa shape index (κ3) is 5.21. The van der Waals surface area contributed by atoms with E-state index < -0.39 is 16.0 Å². The lowest BCUT2D eigenvalue weighted by Gasteiger charge is -2.24. The standard InChI is InChI=1S/C30H34N2O5S/c1-4-26-19-32(38(35,36)29-8-6-5-7-28(29)37-26)18-24-13-21(10-9-20(24)2)27(15-30(33)34)22-11-12-23-16-31(3)17-25(23)14-22/h5-14,26-27H,4,15-19H2,1-3H3,(H,33,34)/t26-,27?/m1/s1. The summed E-state index contributed by atoms with van der Waals surface area (Å²) in [6.45, 7) is 6.11. The number of benzene rings is 3. The van der Waals surface area contributed by atoms with Gasteiger partial charge in [-0.2, -0.15) is 4.31 Å². The zero-order valence-electron chi connectivity index (χ0n) is 22.1. The smallest absolute Gasteiger partial charge is 0.304 e. The molecule has 0 saturated carbocycles. The normalized spacial score (nSPS) is 19.7. The Morgan fingerprint density at radius 1 is 1.05 bits per heavy atom. The van der Waals surface area contributed by atoms with Crippen LogP contribution in [0.5, 0.6) is 5.75 Å². The highest BCUT2D eigenvalue weighted by molar-refractivity contribution is 7.89. The molecule has 0 spiro atoms. The molecular weight excluding hydrogens is 500 g/mol. The van der Waals surface area contributed by atoms with Crippen LogP contribution in [0.3, 0.4) is 0 Å². The van der Waals surface area contributed by atoms with Crippen LogP contribution in [0.2, 0.25) is 0 Å². The quantitative estimate of drug-likeness (QED) is 0.464. The number of hydrogen-bond donors (Lipinski definition) is 1. The van der Waals surface area contributed by atoms with E-state index in [0.29, 0.717) is 12.2 Å². The molecule has 0 fully saturated rings. The summed E-state index contributed by atoms with van der Waals surface area (Å²) in [7, 11) is -1.71. The van der Waals surface area contributed by atoms with Gasteiger partial charge in [-0.15, -0.1) is 0 Å². The van der Waals surface area contributed by atoms with E-state index in [9.17, 15) is 18.3 Å². The number of para-hydroxylation sites is 1. The maximum atomic E-state index is 13.7. The first-order chi connectivity index (χ1) is 18.2. The van der Waals surface area contributed by atoms with Gasteiger partial charge in [-0.3, -0.25) is 9.69 Å². The second-order valence-electron chi connectivity index (χ2n) is 10.4. The summed E-state index contributed by atoms with van der Waals surface area (Å²) in [5, 5.41) is 9.77. The molecule has 1 N–H and O–H groups in total. The van der Waals surface area contributed by atoms with E-state index in [1.54, 1.807) is 24.3 Å². The summed E-state index contributed by atoms with van der Waals surface area (Å²) >= 11 is 0. The average molecular weight is 535 g/mol. The molecule has 2 aliphatic heterocycles. The lowest BCUT2D eigenvalue weighted by Crippen LogP contribution is -2.36. The van der Waals surface area contributed by atoms with Gasteiger partial charge < -0.3 is 9.84 Å². The van der Waals surface area contributed by atoms with Crippen molar-refractivity contribution in [3.63, 3.8) is 0 Å². The molecule has 200 valence electrons. The monoisotopic (exact) mass is 534 g/mol. The third-order valence-electron chi connectivity index (χ3n) is 7.64. The Kier molecular flexibility index (Phi) is 7.31. The maximum absolute atomic E-state index is 13.7. The lowest BCUT2D eigenvalue weighted by atomic mass is 9.85. The van der Waals surface area contributed by atoms with Crippen molar-refractivity contribution in [2.75, 3.05) is 13.6 Å². The summed E-state index contributed by atoms with van der Waals surface area (Å²) in [5.74, 6) is -0.822. The summed E-state index contributed by atoms with van der Waals surface area (Å²) in [6, 6.07) is 19.0. The topological polar surface area (TPSA) is 87.2 Å². The van der Waals surface area contributed by atoms with E-state index in [1.165, 1.54) is 15.4 Å². The van der Waals surface area contributed by atoms with E-state index in [1.807, 2.05) is 38.1 Å². The molecule has 2 heterocycles.